The van der Waals surface area contributed by atoms with E-state index in [0.717, 1.165) is 23.5 Å². The van der Waals surface area contributed by atoms with Crippen LogP contribution in [0.1, 0.15) is 12.6 Å². The molecule has 0 spiro atoms. The first-order chi connectivity index (χ1) is 10.1. The molecular weight excluding hydrogens is 306 g/mol. The Balaban J connectivity index is 2.27. The van der Waals surface area contributed by atoms with Gasteiger partial charge in [0.05, 0.1) is 16.4 Å². The molecule has 0 radical (unpaired) electrons. The fourth-order valence-corrected chi connectivity index (χ4v) is 2.91. The number of nitrogens with zero attached hydrogens (tertiary/aromatic N) is 4. The topological polar surface area (TPSA) is 51.4 Å². The molecule has 0 saturated heterocycles. The van der Waals surface area contributed by atoms with Crippen LogP contribution in [0, 0.1) is 4.77 Å². The maximum absolute atomic E-state index is 6.45. The predicted molar refractivity (Wildman–Crippen MR) is 85.3 cm³/mol. The molecule has 0 fully saturated rings. The third-order valence-electron chi connectivity index (χ3n) is 3.29. The van der Waals surface area contributed by atoms with Gasteiger partial charge in [-0.25, -0.2) is 0 Å². The normalized spacial score (nSPS) is 11.0. The molecule has 0 bridgehead atoms. The van der Waals surface area contributed by atoms with Crippen molar-refractivity contribution >= 4 is 23.8 Å². The van der Waals surface area contributed by atoms with Crippen molar-refractivity contribution in [1.82, 2.24) is 24.5 Å². The van der Waals surface area contributed by atoms with Crippen LogP contribution in [0.15, 0.2) is 30.3 Å². The van der Waals surface area contributed by atoms with Crippen LogP contribution in [-0.2, 0) is 13.5 Å². The number of aromatic nitrogens is 5. The fourth-order valence-electron chi connectivity index (χ4n) is 2.29. The fraction of sp³-hybridized carbons (Fsp3) is 0.214. The van der Waals surface area contributed by atoms with Gasteiger partial charge >= 0.3 is 0 Å². The highest BCUT2D eigenvalue weighted by Gasteiger charge is 2.20. The molecule has 2 aromatic heterocycles. The number of rotatable bonds is 3. The summed E-state index contributed by atoms with van der Waals surface area (Å²) < 4.78 is 4.12. The smallest absolute Gasteiger partial charge is 0.200 e. The largest absolute Gasteiger partial charge is 0.267 e. The molecule has 0 aliphatic rings. The van der Waals surface area contributed by atoms with Crippen LogP contribution in [0.25, 0.3) is 17.2 Å². The summed E-state index contributed by atoms with van der Waals surface area (Å²) in [7, 11) is 1.85. The molecular formula is C14H14ClN5S. The predicted octanol–water partition coefficient (Wildman–Crippen LogP) is 3.55. The zero-order valence-corrected chi connectivity index (χ0v) is 13.2. The first-order valence-corrected chi connectivity index (χ1v) is 7.36. The third-order valence-corrected chi connectivity index (χ3v) is 3.96. The Bertz CT molecular complexity index is 831. The van der Waals surface area contributed by atoms with E-state index in [1.165, 1.54) is 0 Å². The van der Waals surface area contributed by atoms with Crippen LogP contribution in [0.5, 0.6) is 0 Å². The molecule has 21 heavy (non-hydrogen) atoms. The van der Waals surface area contributed by atoms with Gasteiger partial charge in [0.15, 0.2) is 10.6 Å². The number of para-hydroxylation sites is 1. The molecule has 0 atom stereocenters. The summed E-state index contributed by atoms with van der Waals surface area (Å²) in [6.45, 7) is 2.02. The number of nitrogens with one attached hydrogen (secondary N) is 1. The van der Waals surface area contributed by atoms with Crippen LogP contribution < -0.4 is 0 Å². The molecule has 0 saturated carbocycles. The van der Waals surface area contributed by atoms with E-state index in [1.807, 2.05) is 48.9 Å². The van der Waals surface area contributed by atoms with Gasteiger partial charge in [0.1, 0.15) is 5.69 Å². The highest BCUT2D eigenvalue weighted by molar-refractivity contribution is 7.71. The molecule has 0 aliphatic carbocycles. The number of hydrogen-bond acceptors (Lipinski definition) is 3. The highest BCUT2D eigenvalue weighted by atomic mass is 35.5. The second-order valence-corrected chi connectivity index (χ2v) is 5.37. The van der Waals surface area contributed by atoms with Gasteiger partial charge in [0, 0.05) is 7.05 Å². The number of aromatic amines is 1. The van der Waals surface area contributed by atoms with E-state index in [4.69, 9.17) is 23.8 Å². The molecule has 3 aromatic rings. The quantitative estimate of drug-likeness (QED) is 0.751. The minimum Gasteiger partial charge on any atom is -0.267 e. The van der Waals surface area contributed by atoms with Gasteiger partial charge in [-0.15, -0.1) is 0 Å². The molecule has 108 valence electrons. The van der Waals surface area contributed by atoms with E-state index < -0.39 is 0 Å². The van der Waals surface area contributed by atoms with Gasteiger partial charge in [0.2, 0.25) is 0 Å². The van der Waals surface area contributed by atoms with Crippen LogP contribution >= 0.6 is 23.8 Å². The summed E-state index contributed by atoms with van der Waals surface area (Å²) in [6, 6.07) is 9.81. The van der Waals surface area contributed by atoms with Crippen molar-refractivity contribution in [3.8, 4) is 17.2 Å². The van der Waals surface area contributed by atoms with Crippen LogP contribution in [0.4, 0.5) is 0 Å². The number of aryl methyl sites for hydroxylation is 2. The van der Waals surface area contributed by atoms with Gasteiger partial charge in [-0.3, -0.25) is 14.3 Å². The SMILES string of the molecule is CCc1nn(C)c(-c2n[nH]c(=S)n2-c2ccccc2)c1Cl. The third kappa shape index (κ3) is 2.30. The van der Waals surface area contributed by atoms with Crippen molar-refractivity contribution in [2.75, 3.05) is 0 Å². The van der Waals surface area contributed by atoms with Crippen molar-refractivity contribution in [3.63, 3.8) is 0 Å². The molecule has 1 aromatic carbocycles. The maximum Gasteiger partial charge on any atom is 0.200 e. The van der Waals surface area contributed by atoms with Gasteiger partial charge in [-0.1, -0.05) is 36.7 Å². The average Bonchev–Trinajstić information content (AvgIpc) is 2.99. The number of hydrogen-bond donors (Lipinski definition) is 1. The lowest BCUT2D eigenvalue weighted by Gasteiger charge is -2.07. The van der Waals surface area contributed by atoms with E-state index in [9.17, 15) is 0 Å². The lowest BCUT2D eigenvalue weighted by atomic mass is 10.2. The van der Waals surface area contributed by atoms with Crippen molar-refractivity contribution in [1.29, 1.82) is 0 Å². The monoisotopic (exact) mass is 319 g/mol. The van der Waals surface area contributed by atoms with Crippen LogP contribution in [-0.4, -0.2) is 24.5 Å². The Labute approximate surface area is 132 Å². The lowest BCUT2D eigenvalue weighted by Crippen LogP contribution is -2.02. The average molecular weight is 320 g/mol. The summed E-state index contributed by atoms with van der Waals surface area (Å²) in [6.07, 6.45) is 0.767. The van der Waals surface area contributed by atoms with Gasteiger partial charge < -0.3 is 0 Å². The molecule has 0 aliphatic heterocycles. The van der Waals surface area contributed by atoms with E-state index in [2.05, 4.69) is 15.3 Å². The zero-order chi connectivity index (χ0) is 15.0. The Morgan fingerprint density at radius 3 is 2.62 bits per heavy atom. The highest BCUT2D eigenvalue weighted by Crippen LogP contribution is 2.30. The van der Waals surface area contributed by atoms with Crippen molar-refractivity contribution < 1.29 is 0 Å². The van der Waals surface area contributed by atoms with Gasteiger partial charge in [0.25, 0.3) is 0 Å². The number of halogens is 1. The first kappa shape index (κ1) is 14.0. The molecule has 3 rings (SSSR count). The summed E-state index contributed by atoms with van der Waals surface area (Å²) in [5, 5.41) is 12.2. The Morgan fingerprint density at radius 1 is 1.29 bits per heavy atom. The molecule has 5 nitrogen and oxygen atoms in total. The van der Waals surface area contributed by atoms with Crippen molar-refractivity contribution in [2.24, 2.45) is 7.05 Å². The van der Waals surface area contributed by atoms with Gasteiger partial charge in [-0.2, -0.15) is 10.2 Å². The molecule has 0 amide bonds. The minimum atomic E-state index is 0.520. The summed E-state index contributed by atoms with van der Waals surface area (Å²) >= 11 is 11.8. The lowest BCUT2D eigenvalue weighted by molar-refractivity contribution is 0.746. The summed E-state index contributed by atoms with van der Waals surface area (Å²) in [4.78, 5) is 0. The summed E-state index contributed by atoms with van der Waals surface area (Å²) in [5.74, 6) is 0.658. The molecule has 2 heterocycles. The van der Waals surface area contributed by atoms with E-state index in [0.29, 0.717) is 15.6 Å². The second-order valence-electron chi connectivity index (χ2n) is 4.61. The summed E-state index contributed by atoms with van der Waals surface area (Å²) in [5.41, 5.74) is 2.54. The van der Waals surface area contributed by atoms with Crippen molar-refractivity contribution in [2.45, 2.75) is 13.3 Å². The standard InChI is InChI=1S/C14H14ClN5S/c1-3-10-11(15)12(19(2)18-10)13-16-17-14(21)20(13)9-7-5-4-6-8-9/h4-8H,3H2,1-2H3,(H,17,21). The Morgan fingerprint density at radius 2 is 2.00 bits per heavy atom. The number of H-pyrrole nitrogens is 1. The van der Waals surface area contributed by atoms with Crippen molar-refractivity contribution in [3.05, 3.63) is 45.8 Å². The minimum absolute atomic E-state index is 0.520. The first-order valence-electron chi connectivity index (χ1n) is 6.58. The molecule has 0 unspecified atom stereocenters. The van der Waals surface area contributed by atoms with Crippen LogP contribution in [0.3, 0.4) is 0 Å². The van der Waals surface area contributed by atoms with E-state index in [1.54, 1.807) is 4.68 Å². The van der Waals surface area contributed by atoms with Crippen LogP contribution in [0.2, 0.25) is 5.02 Å². The Hall–Kier alpha value is -1.92. The van der Waals surface area contributed by atoms with Gasteiger partial charge in [-0.05, 0) is 30.8 Å². The second kappa shape index (κ2) is 5.46. The van der Waals surface area contributed by atoms with E-state index in [-0.39, 0.29) is 0 Å². The molecule has 7 heteroatoms. The zero-order valence-electron chi connectivity index (χ0n) is 11.7. The van der Waals surface area contributed by atoms with E-state index >= 15 is 0 Å². The number of benzene rings is 1. The Kier molecular flexibility index (Phi) is 3.65. The molecule has 1 N–H and O–H groups in total. The maximum atomic E-state index is 6.45.